The van der Waals surface area contributed by atoms with E-state index in [1.807, 2.05) is 17.9 Å². The molecule has 2 aromatic carbocycles. The second-order valence-corrected chi connectivity index (χ2v) is 6.67. The molecule has 0 saturated carbocycles. The molecule has 1 heterocycles. The number of carbonyl (C=O) groups is 2. The van der Waals surface area contributed by atoms with Crippen LogP contribution in [0.2, 0.25) is 0 Å². The Kier molecular flexibility index (Phi) is 5.66. The summed E-state index contributed by atoms with van der Waals surface area (Å²) in [5.74, 6) is -1.11. The second kappa shape index (κ2) is 8.13. The molecule has 1 N–H and O–H groups in total. The van der Waals surface area contributed by atoms with Gasteiger partial charge in [0.15, 0.2) is 0 Å². The van der Waals surface area contributed by atoms with Gasteiger partial charge in [-0.2, -0.15) is 0 Å². The van der Waals surface area contributed by atoms with Crippen LogP contribution in [0.4, 0.5) is 10.1 Å². The summed E-state index contributed by atoms with van der Waals surface area (Å²) >= 11 is 0. The van der Waals surface area contributed by atoms with E-state index in [4.69, 9.17) is 0 Å². The smallest absolute Gasteiger partial charge is 0.258 e. The van der Waals surface area contributed by atoms with Crippen LogP contribution in [0.15, 0.2) is 42.5 Å². The molecule has 0 spiro atoms. The standard InChI is InChI=1S/C21H23FN2O2/c1-15-10-11-16(21(26)24-12-6-2-3-7-13-24)14-19(15)23-20(25)17-8-4-5-9-18(17)22/h4-5,8-11,14H,2-3,6-7,12-13H2,1H3,(H,23,25). The Hall–Kier alpha value is -2.69. The van der Waals surface area contributed by atoms with Crippen molar-refractivity contribution in [2.24, 2.45) is 0 Å². The van der Waals surface area contributed by atoms with E-state index in [-0.39, 0.29) is 11.5 Å². The van der Waals surface area contributed by atoms with Crippen molar-refractivity contribution in [1.82, 2.24) is 4.90 Å². The molecule has 26 heavy (non-hydrogen) atoms. The zero-order valence-electron chi connectivity index (χ0n) is 14.9. The van der Waals surface area contributed by atoms with E-state index in [2.05, 4.69) is 5.32 Å². The predicted octanol–water partition coefficient (Wildman–Crippen LogP) is 4.40. The molecule has 3 rings (SSSR count). The first-order chi connectivity index (χ1) is 12.6. The lowest BCUT2D eigenvalue weighted by molar-refractivity contribution is 0.0761. The fraction of sp³-hybridized carbons (Fsp3) is 0.333. The van der Waals surface area contributed by atoms with Crippen LogP contribution in [0.25, 0.3) is 0 Å². The molecule has 1 aliphatic rings. The summed E-state index contributed by atoms with van der Waals surface area (Å²) in [4.78, 5) is 27.0. The molecule has 1 aliphatic heterocycles. The quantitative estimate of drug-likeness (QED) is 0.888. The van der Waals surface area contributed by atoms with Gasteiger partial charge in [0.05, 0.1) is 5.56 Å². The van der Waals surface area contributed by atoms with Gasteiger partial charge in [0.2, 0.25) is 0 Å². The van der Waals surface area contributed by atoms with E-state index in [9.17, 15) is 14.0 Å². The van der Waals surface area contributed by atoms with Crippen molar-refractivity contribution >= 4 is 17.5 Å². The number of rotatable bonds is 3. The van der Waals surface area contributed by atoms with Gasteiger partial charge in [-0.05, 0) is 49.6 Å². The molecule has 0 bridgehead atoms. The average Bonchev–Trinajstić information content (AvgIpc) is 2.92. The van der Waals surface area contributed by atoms with E-state index in [0.29, 0.717) is 11.3 Å². The normalized spacial score (nSPS) is 14.6. The summed E-state index contributed by atoms with van der Waals surface area (Å²) in [6.07, 6.45) is 4.35. The lowest BCUT2D eigenvalue weighted by Gasteiger charge is -2.21. The maximum atomic E-state index is 13.8. The van der Waals surface area contributed by atoms with Crippen molar-refractivity contribution in [2.75, 3.05) is 18.4 Å². The summed E-state index contributed by atoms with van der Waals surface area (Å²) in [5, 5.41) is 2.73. The van der Waals surface area contributed by atoms with Gasteiger partial charge in [-0.3, -0.25) is 9.59 Å². The molecule has 1 saturated heterocycles. The van der Waals surface area contributed by atoms with Crippen molar-refractivity contribution in [1.29, 1.82) is 0 Å². The molecule has 136 valence electrons. The van der Waals surface area contributed by atoms with Crippen LogP contribution in [0, 0.1) is 12.7 Å². The lowest BCUT2D eigenvalue weighted by atomic mass is 10.1. The Morgan fingerprint density at radius 1 is 1.00 bits per heavy atom. The highest BCUT2D eigenvalue weighted by Gasteiger charge is 2.19. The van der Waals surface area contributed by atoms with Gasteiger partial charge in [-0.25, -0.2) is 4.39 Å². The van der Waals surface area contributed by atoms with Crippen LogP contribution in [0.3, 0.4) is 0 Å². The van der Waals surface area contributed by atoms with Crippen LogP contribution in [0.5, 0.6) is 0 Å². The number of benzene rings is 2. The van der Waals surface area contributed by atoms with Gasteiger partial charge < -0.3 is 10.2 Å². The van der Waals surface area contributed by atoms with Crippen LogP contribution in [-0.2, 0) is 0 Å². The van der Waals surface area contributed by atoms with Gasteiger partial charge in [-0.1, -0.05) is 31.0 Å². The maximum absolute atomic E-state index is 13.8. The molecular formula is C21H23FN2O2. The Morgan fingerprint density at radius 3 is 2.38 bits per heavy atom. The third kappa shape index (κ3) is 4.10. The second-order valence-electron chi connectivity index (χ2n) is 6.67. The van der Waals surface area contributed by atoms with Crippen LogP contribution >= 0.6 is 0 Å². The highest BCUT2D eigenvalue weighted by molar-refractivity contribution is 6.05. The molecule has 2 aromatic rings. The van der Waals surface area contributed by atoms with Gasteiger partial charge in [0.25, 0.3) is 11.8 Å². The van der Waals surface area contributed by atoms with Gasteiger partial charge >= 0.3 is 0 Å². The van der Waals surface area contributed by atoms with E-state index in [1.54, 1.807) is 18.2 Å². The van der Waals surface area contributed by atoms with Crippen molar-refractivity contribution < 1.29 is 14.0 Å². The predicted molar refractivity (Wildman–Crippen MR) is 99.9 cm³/mol. The fourth-order valence-corrected chi connectivity index (χ4v) is 3.18. The van der Waals surface area contributed by atoms with E-state index < -0.39 is 11.7 Å². The third-order valence-electron chi connectivity index (χ3n) is 4.74. The summed E-state index contributed by atoms with van der Waals surface area (Å²) in [5.41, 5.74) is 1.87. The Labute approximate surface area is 153 Å². The Bertz CT molecular complexity index is 811. The van der Waals surface area contributed by atoms with Crippen molar-refractivity contribution in [2.45, 2.75) is 32.6 Å². The molecule has 5 heteroatoms. The number of aryl methyl sites for hydroxylation is 1. The minimum atomic E-state index is -0.570. The summed E-state index contributed by atoms with van der Waals surface area (Å²) in [7, 11) is 0. The molecule has 1 fully saturated rings. The van der Waals surface area contributed by atoms with Gasteiger partial charge in [-0.15, -0.1) is 0 Å². The fourth-order valence-electron chi connectivity index (χ4n) is 3.18. The Balaban J connectivity index is 1.80. The number of nitrogens with zero attached hydrogens (tertiary/aromatic N) is 1. The number of carbonyl (C=O) groups excluding carboxylic acids is 2. The molecule has 0 radical (unpaired) electrons. The minimum absolute atomic E-state index is 0.0175. The largest absolute Gasteiger partial charge is 0.339 e. The van der Waals surface area contributed by atoms with E-state index >= 15 is 0 Å². The molecule has 2 amide bonds. The van der Waals surface area contributed by atoms with Crippen molar-refractivity contribution in [3.8, 4) is 0 Å². The van der Waals surface area contributed by atoms with Gasteiger partial charge in [0.1, 0.15) is 5.82 Å². The van der Waals surface area contributed by atoms with Crippen molar-refractivity contribution in [3.63, 3.8) is 0 Å². The van der Waals surface area contributed by atoms with Crippen molar-refractivity contribution in [3.05, 3.63) is 65.0 Å². The SMILES string of the molecule is Cc1ccc(C(=O)N2CCCCCC2)cc1NC(=O)c1ccccc1F. The van der Waals surface area contributed by atoms with E-state index in [0.717, 1.165) is 44.3 Å². The molecule has 4 nitrogen and oxygen atoms in total. The summed E-state index contributed by atoms with van der Waals surface area (Å²) in [6, 6.07) is 11.1. The van der Waals surface area contributed by atoms with Crippen LogP contribution < -0.4 is 5.32 Å². The third-order valence-corrected chi connectivity index (χ3v) is 4.74. The lowest BCUT2D eigenvalue weighted by Crippen LogP contribution is -2.31. The van der Waals surface area contributed by atoms with Gasteiger partial charge in [0, 0.05) is 24.3 Å². The van der Waals surface area contributed by atoms with Crippen LogP contribution in [-0.4, -0.2) is 29.8 Å². The maximum Gasteiger partial charge on any atom is 0.258 e. The summed E-state index contributed by atoms with van der Waals surface area (Å²) in [6.45, 7) is 3.38. The molecule has 0 atom stereocenters. The summed E-state index contributed by atoms with van der Waals surface area (Å²) < 4.78 is 13.8. The number of hydrogen-bond acceptors (Lipinski definition) is 2. The number of nitrogens with one attached hydrogen (secondary N) is 1. The first-order valence-corrected chi connectivity index (χ1v) is 9.02. The number of likely N-dealkylation sites (tertiary alicyclic amines) is 1. The average molecular weight is 354 g/mol. The topological polar surface area (TPSA) is 49.4 Å². The number of hydrogen-bond donors (Lipinski definition) is 1. The number of anilines is 1. The highest BCUT2D eigenvalue weighted by atomic mass is 19.1. The Morgan fingerprint density at radius 2 is 1.69 bits per heavy atom. The highest BCUT2D eigenvalue weighted by Crippen LogP contribution is 2.21. The molecule has 0 unspecified atom stereocenters. The number of amides is 2. The minimum Gasteiger partial charge on any atom is -0.339 e. The molecular weight excluding hydrogens is 331 g/mol. The zero-order chi connectivity index (χ0) is 18.5. The first-order valence-electron chi connectivity index (χ1n) is 9.02. The molecule has 0 aromatic heterocycles. The first kappa shape index (κ1) is 18.1. The monoisotopic (exact) mass is 354 g/mol. The number of halogens is 1. The van der Waals surface area contributed by atoms with Crippen LogP contribution in [0.1, 0.15) is 52.0 Å². The van der Waals surface area contributed by atoms with E-state index in [1.165, 1.54) is 18.2 Å². The zero-order valence-corrected chi connectivity index (χ0v) is 14.9. The molecule has 0 aliphatic carbocycles.